The van der Waals surface area contributed by atoms with Crippen molar-refractivity contribution in [2.75, 3.05) is 13.2 Å². The molecule has 0 aromatic heterocycles. The number of carbonyl (C=O) groups excluding carboxylic acids is 3. The minimum absolute atomic E-state index is 0.0645. The molecule has 0 saturated heterocycles. The lowest BCUT2D eigenvalue weighted by Gasteiger charge is -2.18. The van der Waals surface area contributed by atoms with E-state index in [1.54, 1.807) is 0 Å². The fourth-order valence-electron chi connectivity index (χ4n) is 7.51. The normalized spacial score (nSPS) is 11.9. The van der Waals surface area contributed by atoms with Crippen LogP contribution in [0.2, 0.25) is 0 Å². The highest BCUT2D eigenvalue weighted by Gasteiger charge is 2.19. The summed E-state index contributed by atoms with van der Waals surface area (Å²) in [6.07, 6.45) is 45.5. The smallest absolute Gasteiger partial charge is 0.306 e. The van der Waals surface area contributed by atoms with Crippen LogP contribution < -0.4 is 0 Å². The SMILES string of the molecule is CCCCCCCCCCCCCCCCCCC(=O)OC[C@@H](COC(=O)CCCCCCCCCCCCCCCCC(C)C)OC(=O)CCCCCCC. The maximum absolute atomic E-state index is 12.6. The van der Waals surface area contributed by atoms with Gasteiger partial charge in [0.05, 0.1) is 0 Å². The molecule has 1 atom stereocenters. The van der Waals surface area contributed by atoms with Crippen molar-refractivity contribution in [1.29, 1.82) is 0 Å². The number of ether oxygens (including phenoxy) is 3. The fourth-order valence-corrected chi connectivity index (χ4v) is 7.51. The lowest BCUT2D eigenvalue weighted by atomic mass is 10.0. The predicted molar refractivity (Wildman–Crippen MR) is 238 cm³/mol. The second kappa shape index (κ2) is 44.5. The lowest BCUT2D eigenvalue weighted by Crippen LogP contribution is -2.30. The van der Waals surface area contributed by atoms with Crippen molar-refractivity contribution in [1.82, 2.24) is 0 Å². The van der Waals surface area contributed by atoms with Crippen LogP contribution in [-0.2, 0) is 28.6 Å². The molecule has 0 bridgehead atoms. The van der Waals surface area contributed by atoms with Gasteiger partial charge in [-0.25, -0.2) is 0 Å². The summed E-state index contributed by atoms with van der Waals surface area (Å²) in [5.41, 5.74) is 0. The zero-order chi connectivity index (χ0) is 41.0. The van der Waals surface area contributed by atoms with Gasteiger partial charge in [-0.2, -0.15) is 0 Å². The van der Waals surface area contributed by atoms with Crippen molar-refractivity contribution in [2.24, 2.45) is 5.92 Å². The summed E-state index contributed by atoms with van der Waals surface area (Å²) in [4.78, 5) is 37.6. The molecule has 0 aliphatic heterocycles. The number of unbranched alkanes of at least 4 members (excludes halogenated alkanes) is 32. The monoisotopic (exact) mass is 793 g/mol. The van der Waals surface area contributed by atoms with Gasteiger partial charge in [0.2, 0.25) is 0 Å². The van der Waals surface area contributed by atoms with Crippen molar-refractivity contribution in [3.63, 3.8) is 0 Å². The Morgan fingerprint density at radius 3 is 0.875 bits per heavy atom. The van der Waals surface area contributed by atoms with Gasteiger partial charge in [0.1, 0.15) is 13.2 Å². The molecule has 332 valence electrons. The second-order valence-corrected chi connectivity index (χ2v) is 17.6. The van der Waals surface area contributed by atoms with Gasteiger partial charge >= 0.3 is 17.9 Å². The van der Waals surface area contributed by atoms with Crippen molar-refractivity contribution in [3.05, 3.63) is 0 Å². The molecule has 0 aromatic carbocycles. The molecule has 0 spiro atoms. The molecule has 0 amide bonds. The fraction of sp³-hybridized carbons (Fsp3) is 0.940. The Labute approximate surface area is 348 Å². The number of hydrogen-bond acceptors (Lipinski definition) is 6. The largest absolute Gasteiger partial charge is 0.462 e. The summed E-state index contributed by atoms with van der Waals surface area (Å²) in [5, 5.41) is 0. The number of carbonyl (C=O) groups is 3. The Morgan fingerprint density at radius 1 is 0.339 bits per heavy atom. The molecule has 0 aliphatic carbocycles. The topological polar surface area (TPSA) is 78.9 Å². The minimum atomic E-state index is -0.758. The Hall–Kier alpha value is -1.59. The summed E-state index contributed by atoms with van der Waals surface area (Å²) < 4.78 is 16.7. The highest BCUT2D eigenvalue weighted by molar-refractivity contribution is 5.71. The molecule has 0 rings (SSSR count). The molecular formula is C50H96O6. The average molecular weight is 793 g/mol. The first kappa shape index (κ1) is 54.4. The zero-order valence-electron chi connectivity index (χ0n) is 38.1. The van der Waals surface area contributed by atoms with E-state index < -0.39 is 6.10 Å². The summed E-state index contributed by atoms with van der Waals surface area (Å²) in [6, 6.07) is 0. The Bertz CT molecular complexity index is 841. The maximum Gasteiger partial charge on any atom is 0.306 e. The quantitative estimate of drug-likeness (QED) is 0.0347. The van der Waals surface area contributed by atoms with Crippen LogP contribution >= 0.6 is 0 Å². The van der Waals surface area contributed by atoms with E-state index >= 15 is 0 Å². The third-order valence-electron chi connectivity index (χ3n) is 11.3. The molecule has 6 nitrogen and oxygen atoms in total. The number of hydrogen-bond donors (Lipinski definition) is 0. The molecule has 6 heteroatoms. The first-order valence-electron chi connectivity index (χ1n) is 24.9. The van der Waals surface area contributed by atoms with Gasteiger partial charge in [0.15, 0.2) is 6.10 Å². The van der Waals surface area contributed by atoms with E-state index in [0.717, 1.165) is 70.1 Å². The first-order valence-corrected chi connectivity index (χ1v) is 24.9. The van der Waals surface area contributed by atoms with Crippen molar-refractivity contribution >= 4 is 17.9 Å². The van der Waals surface area contributed by atoms with Crippen LogP contribution in [0, 0.1) is 5.92 Å². The van der Waals surface area contributed by atoms with E-state index in [2.05, 4.69) is 27.7 Å². The highest BCUT2D eigenvalue weighted by Crippen LogP contribution is 2.17. The van der Waals surface area contributed by atoms with Crippen LogP contribution in [0.4, 0.5) is 0 Å². The molecule has 0 aliphatic rings. The molecule has 0 aromatic rings. The lowest BCUT2D eigenvalue weighted by molar-refractivity contribution is -0.167. The summed E-state index contributed by atoms with van der Waals surface area (Å²) >= 11 is 0. The number of rotatable bonds is 45. The van der Waals surface area contributed by atoms with E-state index in [4.69, 9.17) is 14.2 Å². The van der Waals surface area contributed by atoms with Crippen LogP contribution in [0.15, 0.2) is 0 Å². The summed E-state index contributed by atoms with van der Waals surface area (Å²) in [5.74, 6) is -0.0174. The molecule has 0 fully saturated rings. The van der Waals surface area contributed by atoms with Crippen LogP contribution in [0.3, 0.4) is 0 Å². The van der Waals surface area contributed by atoms with E-state index in [1.807, 2.05) is 0 Å². The maximum atomic E-state index is 12.6. The molecule has 0 saturated carbocycles. The predicted octanol–water partition coefficient (Wildman–Crippen LogP) is 15.9. The van der Waals surface area contributed by atoms with E-state index in [0.29, 0.717) is 19.3 Å². The standard InChI is InChI=1S/C50H96O6/c1-5-7-9-11-12-13-14-15-16-17-21-24-27-30-34-37-41-48(51)54-44-47(56-50(53)43-39-32-10-8-6-2)45-55-49(52)42-38-35-31-28-25-22-19-18-20-23-26-29-33-36-40-46(3)4/h46-47H,5-45H2,1-4H3/t47-/m0/s1. The van der Waals surface area contributed by atoms with E-state index in [9.17, 15) is 14.4 Å². The van der Waals surface area contributed by atoms with Gasteiger partial charge in [-0.05, 0) is 25.2 Å². The van der Waals surface area contributed by atoms with Crippen molar-refractivity contribution < 1.29 is 28.6 Å². The van der Waals surface area contributed by atoms with Gasteiger partial charge in [0.25, 0.3) is 0 Å². The van der Waals surface area contributed by atoms with Crippen LogP contribution in [0.5, 0.6) is 0 Å². The zero-order valence-corrected chi connectivity index (χ0v) is 38.1. The molecule has 0 radical (unpaired) electrons. The first-order chi connectivity index (χ1) is 27.4. The summed E-state index contributed by atoms with van der Waals surface area (Å²) in [7, 11) is 0. The van der Waals surface area contributed by atoms with Gasteiger partial charge in [0, 0.05) is 19.3 Å². The second-order valence-electron chi connectivity index (χ2n) is 17.6. The molecule has 56 heavy (non-hydrogen) atoms. The third kappa shape index (κ3) is 43.5. The number of esters is 3. The summed E-state index contributed by atoms with van der Waals surface area (Å²) in [6.45, 7) is 8.95. The Kier molecular flexibility index (Phi) is 43.2. The molecule has 0 heterocycles. The molecular weight excluding hydrogens is 697 g/mol. The van der Waals surface area contributed by atoms with E-state index in [1.165, 1.54) is 167 Å². The molecule has 0 N–H and O–H groups in total. The van der Waals surface area contributed by atoms with Gasteiger partial charge < -0.3 is 14.2 Å². The van der Waals surface area contributed by atoms with Gasteiger partial charge in [-0.15, -0.1) is 0 Å². The molecule has 0 unspecified atom stereocenters. The van der Waals surface area contributed by atoms with Gasteiger partial charge in [-0.1, -0.05) is 240 Å². The highest BCUT2D eigenvalue weighted by atomic mass is 16.6. The third-order valence-corrected chi connectivity index (χ3v) is 11.3. The minimum Gasteiger partial charge on any atom is -0.462 e. The van der Waals surface area contributed by atoms with Crippen LogP contribution in [0.1, 0.15) is 278 Å². The van der Waals surface area contributed by atoms with E-state index in [-0.39, 0.29) is 31.1 Å². The van der Waals surface area contributed by atoms with Crippen LogP contribution in [-0.4, -0.2) is 37.2 Å². The van der Waals surface area contributed by atoms with Crippen molar-refractivity contribution in [3.8, 4) is 0 Å². The van der Waals surface area contributed by atoms with Crippen molar-refractivity contribution in [2.45, 2.75) is 284 Å². The van der Waals surface area contributed by atoms with Crippen LogP contribution in [0.25, 0.3) is 0 Å². The van der Waals surface area contributed by atoms with Gasteiger partial charge in [-0.3, -0.25) is 14.4 Å². The Balaban J connectivity index is 4.07. The average Bonchev–Trinajstić information content (AvgIpc) is 3.18. The Morgan fingerprint density at radius 2 is 0.589 bits per heavy atom.